The predicted molar refractivity (Wildman–Crippen MR) is 98.7 cm³/mol. The fraction of sp³-hybridized carbons (Fsp3) is 0.250. The number of carbonyl (C=O) groups is 1. The SMILES string of the molecule is Cn1c(=O)c(C(=O)NCC(C)(C)c2cccc(F)c2)nc2ccccc21. The molecule has 0 radical (unpaired) electrons. The van der Waals surface area contributed by atoms with Crippen LogP contribution < -0.4 is 10.9 Å². The van der Waals surface area contributed by atoms with Gasteiger partial charge in [0.15, 0.2) is 5.69 Å². The predicted octanol–water partition coefficient (Wildman–Crippen LogP) is 2.78. The van der Waals surface area contributed by atoms with Crippen molar-refractivity contribution in [2.75, 3.05) is 6.54 Å². The van der Waals surface area contributed by atoms with Crippen LogP contribution in [0, 0.1) is 5.82 Å². The molecular formula is C20H20FN3O2. The van der Waals surface area contributed by atoms with Crippen LogP contribution in [0.2, 0.25) is 0 Å². The highest BCUT2D eigenvalue weighted by Gasteiger charge is 2.24. The Morgan fingerprint density at radius 3 is 2.65 bits per heavy atom. The smallest absolute Gasteiger partial charge is 0.282 e. The number of carbonyl (C=O) groups excluding carboxylic acids is 1. The topological polar surface area (TPSA) is 64.0 Å². The first kappa shape index (κ1) is 17.8. The average molecular weight is 353 g/mol. The minimum Gasteiger partial charge on any atom is -0.350 e. The van der Waals surface area contributed by atoms with E-state index in [1.807, 2.05) is 26.0 Å². The van der Waals surface area contributed by atoms with Crippen molar-refractivity contribution in [1.29, 1.82) is 0 Å². The van der Waals surface area contributed by atoms with Gasteiger partial charge in [0.25, 0.3) is 11.5 Å². The van der Waals surface area contributed by atoms with E-state index >= 15 is 0 Å². The van der Waals surface area contributed by atoms with Gasteiger partial charge in [0.1, 0.15) is 5.82 Å². The van der Waals surface area contributed by atoms with E-state index in [4.69, 9.17) is 0 Å². The summed E-state index contributed by atoms with van der Waals surface area (Å²) in [6, 6.07) is 13.4. The molecular weight excluding hydrogens is 333 g/mol. The molecule has 6 heteroatoms. The first-order chi connectivity index (χ1) is 12.3. The molecule has 134 valence electrons. The Bertz CT molecular complexity index is 1040. The number of aromatic nitrogens is 2. The van der Waals surface area contributed by atoms with Gasteiger partial charge >= 0.3 is 0 Å². The van der Waals surface area contributed by atoms with Crippen molar-refractivity contribution in [3.63, 3.8) is 0 Å². The zero-order valence-corrected chi connectivity index (χ0v) is 14.9. The molecule has 3 rings (SSSR count). The lowest BCUT2D eigenvalue weighted by atomic mass is 9.84. The summed E-state index contributed by atoms with van der Waals surface area (Å²) < 4.78 is 14.9. The lowest BCUT2D eigenvalue weighted by molar-refractivity contribution is 0.0939. The van der Waals surface area contributed by atoms with E-state index in [0.717, 1.165) is 5.56 Å². The molecule has 1 heterocycles. The largest absolute Gasteiger partial charge is 0.350 e. The van der Waals surface area contributed by atoms with E-state index < -0.39 is 16.9 Å². The average Bonchev–Trinajstić information content (AvgIpc) is 2.63. The molecule has 0 saturated heterocycles. The summed E-state index contributed by atoms with van der Waals surface area (Å²) in [4.78, 5) is 29.2. The van der Waals surface area contributed by atoms with Crippen LogP contribution in [0.15, 0.2) is 53.3 Å². The van der Waals surface area contributed by atoms with Crippen LogP contribution in [0.25, 0.3) is 11.0 Å². The molecule has 0 bridgehead atoms. The number of benzene rings is 2. The van der Waals surface area contributed by atoms with E-state index in [1.165, 1.54) is 16.7 Å². The molecule has 0 aliphatic carbocycles. The van der Waals surface area contributed by atoms with E-state index in [9.17, 15) is 14.0 Å². The molecule has 0 spiro atoms. The van der Waals surface area contributed by atoms with E-state index in [-0.39, 0.29) is 18.1 Å². The number of rotatable bonds is 4. The normalized spacial score (nSPS) is 11.5. The van der Waals surface area contributed by atoms with Gasteiger partial charge in [0.2, 0.25) is 0 Å². The summed E-state index contributed by atoms with van der Waals surface area (Å²) in [6.07, 6.45) is 0. The number of amides is 1. The van der Waals surface area contributed by atoms with Crippen molar-refractivity contribution in [2.45, 2.75) is 19.3 Å². The molecule has 0 unspecified atom stereocenters. The van der Waals surface area contributed by atoms with Gasteiger partial charge in [-0.3, -0.25) is 9.59 Å². The third-order valence-electron chi connectivity index (χ3n) is 4.49. The highest BCUT2D eigenvalue weighted by atomic mass is 19.1. The van der Waals surface area contributed by atoms with Crippen LogP contribution in [-0.2, 0) is 12.5 Å². The number of fused-ring (bicyclic) bond motifs is 1. The maximum Gasteiger partial charge on any atom is 0.282 e. The Morgan fingerprint density at radius 2 is 1.92 bits per heavy atom. The number of nitrogens with one attached hydrogen (secondary N) is 1. The molecule has 0 aliphatic rings. The van der Waals surface area contributed by atoms with E-state index in [1.54, 1.807) is 31.3 Å². The first-order valence-electron chi connectivity index (χ1n) is 8.29. The minimum absolute atomic E-state index is 0.152. The highest BCUT2D eigenvalue weighted by Crippen LogP contribution is 2.23. The Hall–Kier alpha value is -3.02. The van der Waals surface area contributed by atoms with Crippen LogP contribution in [0.4, 0.5) is 4.39 Å². The summed E-state index contributed by atoms with van der Waals surface area (Å²) in [7, 11) is 1.61. The van der Waals surface area contributed by atoms with Crippen LogP contribution in [0.5, 0.6) is 0 Å². The molecule has 0 aliphatic heterocycles. The standard InChI is InChI=1S/C20H20FN3O2/c1-20(2,13-7-6-8-14(21)11-13)12-22-18(25)17-19(26)24(3)16-10-5-4-9-15(16)23-17/h4-11H,12H2,1-3H3,(H,22,25). The minimum atomic E-state index is -0.541. The molecule has 0 saturated carbocycles. The molecule has 26 heavy (non-hydrogen) atoms. The fourth-order valence-electron chi connectivity index (χ4n) is 2.82. The third kappa shape index (κ3) is 3.35. The molecule has 2 aromatic carbocycles. The van der Waals surface area contributed by atoms with E-state index in [2.05, 4.69) is 10.3 Å². The van der Waals surface area contributed by atoms with Gasteiger partial charge in [0.05, 0.1) is 11.0 Å². The second-order valence-electron chi connectivity index (χ2n) is 6.89. The molecule has 1 amide bonds. The van der Waals surface area contributed by atoms with Gasteiger partial charge in [-0.15, -0.1) is 0 Å². The Balaban J connectivity index is 1.86. The number of hydrogen-bond donors (Lipinski definition) is 1. The number of hydrogen-bond acceptors (Lipinski definition) is 3. The Labute approximate surface area is 150 Å². The van der Waals surface area contributed by atoms with Crippen LogP contribution >= 0.6 is 0 Å². The second-order valence-corrected chi connectivity index (χ2v) is 6.89. The monoisotopic (exact) mass is 353 g/mol. The lowest BCUT2D eigenvalue weighted by Crippen LogP contribution is -2.40. The zero-order chi connectivity index (χ0) is 18.9. The Morgan fingerprint density at radius 1 is 1.19 bits per heavy atom. The van der Waals surface area contributed by atoms with Crippen molar-refractivity contribution in [3.05, 3.63) is 76.0 Å². The summed E-state index contributed by atoms with van der Waals surface area (Å²) in [5.41, 5.74) is 0.890. The summed E-state index contributed by atoms with van der Waals surface area (Å²) >= 11 is 0. The number of nitrogens with zero attached hydrogens (tertiary/aromatic N) is 2. The Kier molecular flexibility index (Phi) is 4.59. The molecule has 0 fully saturated rings. The molecule has 3 aromatic rings. The molecule has 5 nitrogen and oxygen atoms in total. The molecule has 1 N–H and O–H groups in total. The van der Waals surface area contributed by atoms with Gasteiger partial charge in [0, 0.05) is 19.0 Å². The van der Waals surface area contributed by atoms with Crippen molar-refractivity contribution in [2.24, 2.45) is 7.05 Å². The summed E-state index contributed by atoms with van der Waals surface area (Å²) in [5, 5.41) is 2.75. The number of halogens is 1. The lowest BCUT2D eigenvalue weighted by Gasteiger charge is -2.25. The van der Waals surface area contributed by atoms with Crippen molar-refractivity contribution < 1.29 is 9.18 Å². The van der Waals surface area contributed by atoms with Crippen LogP contribution in [-0.4, -0.2) is 22.0 Å². The van der Waals surface area contributed by atoms with Gasteiger partial charge < -0.3 is 9.88 Å². The maximum atomic E-state index is 13.5. The number of aryl methyl sites for hydroxylation is 1. The third-order valence-corrected chi connectivity index (χ3v) is 4.49. The van der Waals surface area contributed by atoms with Crippen molar-refractivity contribution in [1.82, 2.24) is 14.9 Å². The van der Waals surface area contributed by atoms with Crippen LogP contribution in [0.1, 0.15) is 29.9 Å². The van der Waals surface area contributed by atoms with Crippen molar-refractivity contribution in [3.8, 4) is 0 Å². The molecule has 0 atom stereocenters. The van der Waals surface area contributed by atoms with Gasteiger partial charge in [-0.2, -0.15) is 0 Å². The zero-order valence-electron chi connectivity index (χ0n) is 14.9. The second kappa shape index (κ2) is 6.71. The summed E-state index contributed by atoms with van der Waals surface area (Å²) in [5.74, 6) is -0.868. The van der Waals surface area contributed by atoms with Gasteiger partial charge in [-0.1, -0.05) is 38.1 Å². The fourth-order valence-corrected chi connectivity index (χ4v) is 2.82. The van der Waals surface area contributed by atoms with Crippen LogP contribution in [0.3, 0.4) is 0 Å². The summed E-state index contributed by atoms with van der Waals surface area (Å²) in [6.45, 7) is 4.04. The van der Waals surface area contributed by atoms with Gasteiger partial charge in [-0.05, 0) is 29.8 Å². The molecule has 1 aromatic heterocycles. The highest BCUT2D eigenvalue weighted by molar-refractivity contribution is 5.93. The first-order valence-corrected chi connectivity index (χ1v) is 8.29. The van der Waals surface area contributed by atoms with Gasteiger partial charge in [-0.25, -0.2) is 9.37 Å². The van der Waals surface area contributed by atoms with E-state index in [0.29, 0.717) is 11.0 Å². The maximum absolute atomic E-state index is 13.5. The quantitative estimate of drug-likeness (QED) is 0.784. The van der Waals surface area contributed by atoms with Crippen molar-refractivity contribution >= 4 is 16.9 Å². The number of para-hydroxylation sites is 2.